The molecule has 0 radical (unpaired) electrons. The van der Waals surface area contributed by atoms with Crippen LogP contribution in [0.4, 0.5) is 0 Å². The zero-order valence-corrected chi connectivity index (χ0v) is 14.2. The number of thiazole rings is 1. The molecule has 1 aliphatic rings. The van der Waals surface area contributed by atoms with E-state index in [9.17, 15) is 9.59 Å². The highest BCUT2D eigenvalue weighted by atomic mass is 32.1. The standard InChI is InChI=1S/C16H24N2O3S/c1-16(2,3)15-18-12(9-22-15)13(19)17-11-6-4-5-10(7-8-11)14(20)21/h9-11H,4-8H2,1-3H3,(H,17,19)(H,20,21). The van der Waals surface area contributed by atoms with E-state index in [2.05, 4.69) is 31.1 Å². The van der Waals surface area contributed by atoms with E-state index in [0.29, 0.717) is 18.5 Å². The lowest BCUT2D eigenvalue weighted by atomic mass is 9.98. The number of hydrogen-bond donors (Lipinski definition) is 2. The van der Waals surface area contributed by atoms with Crippen molar-refractivity contribution in [3.05, 3.63) is 16.1 Å². The minimum absolute atomic E-state index is 0.0524. The van der Waals surface area contributed by atoms with Crippen molar-refractivity contribution in [2.24, 2.45) is 5.92 Å². The Balaban J connectivity index is 1.94. The number of amides is 1. The molecule has 2 unspecified atom stereocenters. The summed E-state index contributed by atoms with van der Waals surface area (Å²) in [6.07, 6.45) is 3.73. The maximum Gasteiger partial charge on any atom is 0.306 e. The number of carbonyl (C=O) groups excluding carboxylic acids is 1. The van der Waals surface area contributed by atoms with Crippen LogP contribution < -0.4 is 5.32 Å². The van der Waals surface area contributed by atoms with E-state index < -0.39 is 5.97 Å². The summed E-state index contributed by atoms with van der Waals surface area (Å²) in [6.45, 7) is 6.22. The maximum absolute atomic E-state index is 12.3. The number of aromatic nitrogens is 1. The largest absolute Gasteiger partial charge is 0.481 e. The van der Waals surface area contributed by atoms with Crippen LogP contribution in [0.2, 0.25) is 0 Å². The number of nitrogens with one attached hydrogen (secondary N) is 1. The predicted octanol–water partition coefficient (Wildman–Crippen LogP) is 3.20. The van der Waals surface area contributed by atoms with Gasteiger partial charge in [-0.15, -0.1) is 11.3 Å². The van der Waals surface area contributed by atoms with E-state index in [1.165, 1.54) is 11.3 Å². The van der Waals surface area contributed by atoms with Gasteiger partial charge in [0.05, 0.1) is 10.9 Å². The molecule has 5 nitrogen and oxygen atoms in total. The van der Waals surface area contributed by atoms with Gasteiger partial charge in [0, 0.05) is 16.8 Å². The first-order valence-corrected chi connectivity index (χ1v) is 8.65. The Morgan fingerprint density at radius 2 is 2.00 bits per heavy atom. The van der Waals surface area contributed by atoms with Gasteiger partial charge in [0.15, 0.2) is 0 Å². The van der Waals surface area contributed by atoms with Crippen LogP contribution in [-0.4, -0.2) is 28.0 Å². The molecule has 0 aliphatic heterocycles. The number of carboxylic acid groups (broad SMARTS) is 1. The second kappa shape index (κ2) is 6.77. The van der Waals surface area contributed by atoms with Crippen molar-refractivity contribution < 1.29 is 14.7 Å². The van der Waals surface area contributed by atoms with Gasteiger partial charge in [0.2, 0.25) is 0 Å². The minimum Gasteiger partial charge on any atom is -0.481 e. The molecule has 0 bridgehead atoms. The monoisotopic (exact) mass is 324 g/mol. The Labute approximate surface area is 135 Å². The second-order valence-corrected chi connectivity index (χ2v) is 7.86. The van der Waals surface area contributed by atoms with Crippen LogP contribution in [0.15, 0.2) is 5.38 Å². The summed E-state index contributed by atoms with van der Waals surface area (Å²) >= 11 is 1.51. The van der Waals surface area contributed by atoms with Gasteiger partial charge in [-0.3, -0.25) is 9.59 Å². The van der Waals surface area contributed by atoms with Crippen LogP contribution in [0, 0.1) is 5.92 Å². The summed E-state index contributed by atoms with van der Waals surface area (Å²) in [6, 6.07) is 0.0524. The van der Waals surface area contributed by atoms with Gasteiger partial charge >= 0.3 is 5.97 Å². The summed E-state index contributed by atoms with van der Waals surface area (Å²) in [7, 11) is 0. The molecule has 1 aromatic rings. The Hall–Kier alpha value is -1.43. The van der Waals surface area contributed by atoms with Gasteiger partial charge in [0.25, 0.3) is 5.91 Å². The van der Waals surface area contributed by atoms with Gasteiger partial charge in [-0.1, -0.05) is 27.2 Å². The Morgan fingerprint density at radius 1 is 1.27 bits per heavy atom. The molecule has 1 aliphatic carbocycles. The molecule has 0 saturated heterocycles. The topological polar surface area (TPSA) is 79.3 Å². The number of carbonyl (C=O) groups is 2. The number of rotatable bonds is 3. The van der Waals surface area contributed by atoms with Gasteiger partial charge in [-0.2, -0.15) is 0 Å². The summed E-state index contributed by atoms with van der Waals surface area (Å²) in [5.74, 6) is -1.14. The van der Waals surface area contributed by atoms with Gasteiger partial charge in [-0.05, 0) is 25.7 Å². The zero-order valence-electron chi connectivity index (χ0n) is 13.4. The fourth-order valence-electron chi connectivity index (χ4n) is 2.67. The molecule has 1 aromatic heterocycles. The molecule has 1 saturated carbocycles. The minimum atomic E-state index is -0.721. The molecule has 6 heteroatoms. The first-order valence-electron chi connectivity index (χ1n) is 7.77. The summed E-state index contributed by atoms with van der Waals surface area (Å²) in [5.41, 5.74) is 0.411. The maximum atomic E-state index is 12.3. The number of carboxylic acids is 1. The van der Waals surface area contributed by atoms with Crippen molar-refractivity contribution in [3.8, 4) is 0 Å². The van der Waals surface area contributed by atoms with E-state index >= 15 is 0 Å². The molecule has 122 valence electrons. The molecule has 2 rings (SSSR count). The number of nitrogens with zero attached hydrogens (tertiary/aromatic N) is 1. The lowest BCUT2D eigenvalue weighted by Gasteiger charge is -2.16. The Kier molecular flexibility index (Phi) is 5.21. The van der Waals surface area contributed by atoms with Gasteiger partial charge in [0.1, 0.15) is 5.69 Å². The molecule has 0 spiro atoms. The molecule has 1 heterocycles. The van der Waals surface area contributed by atoms with Crippen LogP contribution in [0.3, 0.4) is 0 Å². The number of hydrogen-bond acceptors (Lipinski definition) is 4. The first kappa shape index (κ1) is 16.9. The van der Waals surface area contributed by atoms with Crippen LogP contribution in [-0.2, 0) is 10.2 Å². The van der Waals surface area contributed by atoms with Crippen molar-refractivity contribution in [1.82, 2.24) is 10.3 Å². The van der Waals surface area contributed by atoms with Crippen molar-refractivity contribution in [1.29, 1.82) is 0 Å². The molecular formula is C16H24N2O3S. The summed E-state index contributed by atoms with van der Waals surface area (Å²) in [5, 5.41) is 14.9. The molecule has 2 N–H and O–H groups in total. The van der Waals surface area contributed by atoms with Crippen LogP contribution in [0.25, 0.3) is 0 Å². The lowest BCUT2D eigenvalue weighted by Crippen LogP contribution is -2.34. The van der Waals surface area contributed by atoms with Gasteiger partial charge in [-0.25, -0.2) is 4.98 Å². The zero-order chi connectivity index (χ0) is 16.3. The van der Waals surface area contributed by atoms with E-state index in [0.717, 1.165) is 24.3 Å². The highest BCUT2D eigenvalue weighted by Crippen LogP contribution is 2.26. The normalized spacial score (nSPS) is 22.9. The highest BCUT2D eigenvalue weighted by Gasteiger charge is 2.26. The molecular weight excluding hydrogens is 300 g/mol. The summed E-state index contributed by atoms with van der Waals surface area (Å²) < 4.78 is 0. The lowest BCUT2D eigenvalue weighted by molar-refractivity contribution is -0.142. The van der Waals surface area contributed by atoms with Crippen LogP contribution in [0.1, 0.15) is 68.4 Å². The second-order valence-electron chi connectivity index (χ2n) is 7.00. The Morgan fingerprint density at radius 3 is 2.59 bits per heavy atom. The Bertz CT molecular complexity index is 548. The van der Waals surface area contributed by atoms with Gasteiger partial charge < -0.3 is 10.4 Å². The van der Waals surface area contributed by atoms with Crippen molar-refractivity contribution in [3.63, 3.8) is 0 Å². The van der Waals surface area contributed by atoms with Crippen LogP contribution in [0.5, 0.6) is 0 Å². The molecule has 2 atom stereocenters. The average Bonchev–Trinajstić information content (AvgIpc) is 2.81. The fourth-order valence-corrected chi connectivity index (χ4v) is 3.56. The SMILES string of the molecule is CC(C)(C)c1nc(C(=O)NC2CCCC(C(=O)O)CC2)cs1. The van der Waals surface area contributed by atoms with E-state index in [-0.39, 0.29) is 23.3 Å². The highest BCUT2D eigenvalue weighted by molar-refractivity contribution is 7.10. The fraction of sp³-hybridized carbons (Fsp3) is 0.688. The van der Waals surface area contributed by atoms with Crippen molar-refractivity contribution in [2.45, 2.75) is 64.3 Å². The summed E-state index contributed by atoms with van der Waals surface area (Å²) in [4.78, 5) is 27.8. The molecule has 1 amide bonds. The molecule has 0 aromatic carbocycles. The van der Waals surface area contributed by atoms with Crippen molar-refractivity contribution in [2.75, 3.05) is 0 Å². The van der Waals surface area contributed by atoms with E-state index in [4.69, 9.17) is 5.11 Å². The quantitative estimate of drug-likeness (QED) is 0.837. The molecule has 1 fully saturated rings. The van der Waals surface area contributed by atoms with Crippen LogP contribution >= 0.6 is 11.3 Å². The van der Waals surface area contributed by atoms with E-state index in [1.54, 1.807) is 5.38 Å². The first-order chi connectivity index (χ1) is 10.3. The van der Waals surface area contributed by atoms with Crippen molar-refractivity contribution >= 4 is 23.2 Å². The number of aliphatic carboxylic acids is 1. The third-order valence-electron chi connectivity index (χ3n) is 4.03. The molecule has 22 heavy (non-hydrogen) atoms. The predicted molar refractivity (Wildman–Crippen MR) is 86.3 cm³/mol. The average molecular weight is 324 g/mol. The van der Waals surface area contributed by atoms with E-state index in [1.807, 2.05) is 0 Å². The third kappa shape index (κ3) is 4.29. The third-order valence-corrected chi connectivity index (χ3v) is 5.30. The smallest absolute Gasteiger partial charge is 0.306 e.